The molecule has 0 radical (unpaired) electrons. The second-order valence-corrected chi connectivity index (χ2v) is 1.34. The van der Waals surface area contributed by atoms with E-state index in [2.05, 4.69) is 0 Å². The minimum atomic E-state index is -4.67. The van der Waals surface area contributed by atoms with Crippen LogP contribution in [0, 0.1) is 0 Å². The van der Waals surface area contributed by atoms with Gasteiger partial charge in [-0.3, -0.25) is 9.11 Å². The van der Waals surface area contributed by atoms with Gasteiger partial charge in [-0.05, 0) is 0 Å². The summed E-state index contributed by atoms with van der Waals surface area (Å²) in [5, 5.41) is 0. The molecule has 0 aliphatic carbocycles. The van der Waals surface area contributed by atoms with Crippen molar-refractivity contribution in [1.29, 1.82) is 0 Å². The van der Waals surface area contributed by atoms with Gasteiger partial charge in [-0.2, -0.15) is 8.42 Å². The fourth-order valence-electron chi connectivity index (χ4n) is 0. The molecule has 0 aromatic heterocycles. The minimum absolute atomic E-state index is 0.0556. The van der Waals surface area contributed by atoms with E-state index in [1.54, 1.807) is 0 Å². The Bertz CT molecular complexity index is 102. The first-order valence-electron chi connectivity index (χ1n) is 0.903. The molecule has 0 aliphatic heterocycles. The van der Waals surface area contributed by atoms with Crippen LogP contribution in [0.25, 0.3) is 0 Å². The van der Waals surface area contributed by atoms with Gasteiger partial charge < -0.3 is 0 Å². The van der Waals surface area contributed by atoms with Crippen LogP contribution < -0.4 is 0 Å². The molecule has 7 heteroatoms. The summed E-state index contributed by atoms with van der Waals surface area (Å²) >= 11 is 0.0556. The molecule has 0 amide bonds. The first-order valence-corrected chi connectivity index (χ1v) is 3.77. The quantitative estimate of drug-likeness (QED) is 0.452. The molecule has 7 heavy (non-hydrogen) atoms. The molecule has 2 N–H and O–H groups in total. The first kappa shape index (κ1) is 10.5. The van der Waals surface area contributed by atoms with E-state index in [0.717, 1.165) is 0 Å². The third-order valence-electron chi connectivity index (χ3n) is 0. The predicted molar refractivity (Wildman–Crippen MR) is 14.9 cm³/mol. The molecule has 0 heterocycles. The summed E-state index contributed by atoms with van der Waals surface area (Å²) in [6.07, 6.45) is 0. The first-order chi connectivity index (χ1) is 3.00. The molecule has 0 bridgehead atoms. The Balaban J connectivity index is 0. The molecule has 0 saturated heterocycles. The fraction of sp³-hybridized carbons (Fsp3) is 0. The van der Waals surface area contributed by atoms with Gasteiger partial charge in [0.1, 0.15) is 0 Å². The summed E-state index contributed by atoms with van der Waals surface area (Å²) in [6.45, 7) is 0. The summed E-state index contributed by atoms with van der Waals surface area (Å²) in [6, 6.07) is 0. The maximum absolute atomic E-state index is 8.74. The number of rotatable bonds is 0. The van der Waals surface area contributed by atoms with Crippen LogP contribution >= 0.6 is 0 Å². The van der Waals surface area contributed by atoms with Crippen molar-refractivity contribution in [1.82, 2.24) is 0 Å². The Morgan fingerprint density at radius 3 is 1.14 bits per heavy atom. The summed E-state index contributed by atoms with van der Waals surface area (Å²) in [7, 11) is -4.67. The third kappa shape index (κ3) is 462. The van der Waals surface area contributed by atoms with Crippen LogP contribution in [0.15, 0.2) is 0 Å². The van der Waals surface area contributed by atoms with Crippen molar-refractivity contribution >= 4 is 10.4 Å². The Morgan fingerprint density at radius 1 is 1.14 bits per heavy atom. The Morgan fingerprint density at radius 2 is 1.14 bits per heavy atom. The van der Waals surface area contributed by atoms with Gasteiger partial charge in [0.15, 0.2) is 0 Å². The van der Waals surface area contributed by atoms with Crippen molar-refractivity contribution in [3.63, 3.8) is 0 Å². The summed E-state index contributed by atoms with van der Waals surface area (Å²) < 4.78 is 40.0. The molecule has 0 spiro atoms. The predicted octanol–water partition coefficient (Wildman–Crippen LogP) is -0.774. The van der Waals surface area contributed by atoms with Crippen LogP contribution in [0.3, 0.4) is 0 Å². The average molecular weight is 293 g/mol. The van der Waals surface area contributed by atoms with E-state index in [4.69, 9.17) is 20.4 Å². The van der Waals surface area contributed by atoms with Crippen molar-refractivity contribution in [2.75, 3.05) is 0 Å². The molecule has 0 aromatic rings. The van der Waals surface area contributed by atoms with Gasteiger partial charge in [-0.1, -0.05) is 0 Å². The van der Waals surface area contributed by atoms with Crippen molar-refractivity contribution < 1.29 is 44.8 Å². The van der Waals surface area contributed by atoms with Gasteiger partial charge in [-0.25, -0.2) is 0 Å². The molecule has 0 rings (SSSR count). The third-order valence-corrected chi connectivity index (χ3v) is 0. The second kappa shape index (κ2) is 4.69. The van der Waals surface area contributed by atoms with Gasteiger partial charge in [0.25, 0.3) is 0 Å². The van der Waals surface area contributed by atoms with Crippen molar-refractivity contribution in [3.05, 3.63) is 0 Å². The van der Waals surface area contributed by atoms with E-state index in [-0.39, 0.29) is 24.4 Å². The molecule has 42 valence electrons. The van der Waals surface area contributed by atoms with E-state index in [1.165, 1.54) is 0 Å². The second-order valence-electron chi connectivity index (χ2n) is 0.448. The molecule has 0 unspecified atom stereocenters. The number of hydrogen-bond donors (Lipinski definition) is 2. The van der Waals surface area contributed by atoms with Gasteiger partial charge in [-0.15, -0.1) is 0 Å². The van der Waals surface area contributed by atoms with Crippen LogP contribution in [-0.2, 0) is 37.6 Å². The Kier molecular flexibility index (Phi) is 7.04. The zero-order chi connectivity index (χ0) is 6.50. The van der Waals surface area contributed by atoms with Crippen molar-refractivity contribution in [2.24, 2.45) is 0 Å². The molecule has 5 nitrogen and oxygen atoms in total. The summed E-state index contributed by atoms with van der Waals surface area (Å²) in [5.41, 5.74) is 0. The van der Waals surface area contributed by atoms with Crippen LogP contribution in [0.2, 0.25) is 0 Å². The van der Waals surface area contributed by atoms with Gasteiger partial charge in [0, 0.05) is 0 Å². The Hall–Kier alpha value is 0.540. The normalized spacial score (nSPS) is 8.71. The zero-order valence-corrected chi connectivity index (χ0v) is 7.44. The fourth-order valence-corrected chi connectivity index (χ4v) is 0. The molecule has 0 saturated carbocycles. The van der Waals surface area contributed by atoms with Crippen LogP contribution in [0.5, 0.6) is 0 Å². The maximum atomic E-state index is 8.74. The van der Waals surface area contributed by atoms with Gasteiger partial charge >= 0.3 is 37.6 Å². The van der Waals surface area contributed by atoms with Crippen LogP contribution in [-0.4, -0.2) is 17.5 Å². The van der Waals surface area contributed by atoms with E-state index >= 15 is 0 Å². The van der Waals surface area contributed by atoms with E-state index < -0.39 is 10.4 Å². The van der Waals surface area contributed by atoms with E-state index in [0.29, 0.717) is 0 Å². The monoisotopic (exact) mass is 294 g/mol. The summed E-state index contributed by atoms with van der Waals surface area (Å²) in [5.74, 6) is 0. The zero-order valence-electron chi connectivity index (χ0n) is 3.03. The van der Waals surface area contributed by atoms with E-state index in [1.807, 2.05) is 0 Å². The molecular weight excluding hydrogens is 291 g/mol. The van der Waals surface area contributed by atoms with Crippen LogP contribution in [0.1, 0.15) is 0 Å². The van der Waals surface area contributed by atoms with Gasteiger partial charge in [0.05, 0.1) is 0 Å². The molecule has 0 aliphatic rings. The Labute approximate surface area is 55.3 Å². The van der Waals surface area contributed by atoms with Crippen LogP contribution in [0.4, 0.5) is 0 Å². The van der Waals surface area contributed by atoms with Crippen molar-refractivity contribution in [2.45, 2.75) is 0 Å². The standard InChI is InChI=1S/Hf.H2O4S.O/c;1-5(2,3)4;/h;(H2,1,2,3,4);. The molecular formula is H2HfO5S. The molecule has 0 fully saturated rings. The molecule has 0 atom stereocenters. The SMILES string of the molecule is O=S(=O)(O)O.[O]=[Hf]. The average Bonchev–Trinajstić information content (AvgIpc) is 1.36. The topological polar surface area (TPSA) is 91.7 Å². The molecule has 0 aromatic carbocycles. The summed E-state index contributed by atoms with van der Waals surface area (Å²) in [4.78, 5) is 0. The van der Waals surface area contributed by atoms with Crippen molar-refractivity contribution in [3.8, 4) is 0 Å². The van der Waals surface area contributed by atoms with Gasteiger partial charge in [0.2, 0.25) is 0 Å². The number of hydrogen-bond acceptors (Lipinski definition) is 3. The van der Waals surface area contributed by atoms with E-state index in [9.17, 15) is 0 Å².